The van der Waals surface area contributed by atoms with Gasteiger partial charge in [-0.1, -0.05) is 25.1 Å². The number of hydrogen-bond acceptors (Lipinski definition) is 4. The minimum absolute atomic E-state index is 0.137. The van der Waals surface area contributed by atoms with Crippen LogP contribution in [-0.4, -0.2) is 42.0 Å². The average molecular weight is 280 g/mol. The van der Waals surface area contributed by atoms with Gasteiger partial charge < -0.3 is 9.64 Å². The minimum Gasteiger partial charge on any atom is -0.378 e. The van der Waals surface area contributed by atoms with Gasteiger partial charge in [0.1, 0.15) is 0 Å². The molecule has 1 aliphatic rings. The number of para-hydroxylation sites is 1. The maximum atomic E-state index is 11.3. The Kier molecular flexibility index (Phi) is 7.27. The SMILES string of the molecule is CCCC(=O)N1CCOCC1.O=[N+]([O-])c1ccccc1. The molecule has 0 atom stereocenters. The molecule has 2 rings (SSSR count). The lowest BCUT2D eigenvalue weighted by atomic mass is 10.3. The van der Waals surface area contributed by atoms with E-state index in [4.69, 9.17) is 4.74 Å². The van der Waals surface area contributed by atoms with Crippen molar-refractivity contribution in [3.05, 3.63) is 40.4 Å². The molecule has 0 aromatic heterocycles. The van der Waals surface area contributed by atoms with Crippen LogP contribution in [-0.2, 0) is 9.53 Å². The van der Waals surface area contributed by atoms with Crippen LogP contribution < -0.4 is 0 Å². The topological polar surface area (TPSA) is 72.7 Å². The normalized spacial score (nSPS) is 14.2. The number of nitrogens with zero attached hydrogens (tertiary/aromatic N) is 2. The Balaban J connectivity index is 0.000000204. The summed E-state index contributed by atoms with van der Waals surface area (Å²) in [5.41, 5.74) is 0.137. The molecule has 0 radical (unpaired) electrons. The first-order valence-electron chi connectivity index (χ1n) is 6.70. The molecule has 1 aliphatic heterocycles. The van der Waals surface area contributed by atoms with Gasteiger partial charge in [0.25, 0.3) is 5.69 Å². The molecule has 6 nitrogen and oxygen atoms in total. The summed E-state index contributed by atoms with van der Waals surface area (Å²) in [5, 5.41) is 10.0. The van der Waals surface area contributed by atoms with E-state index in [0.717, 1.165) is 19.5 Å². The van der Waals surface area contributed by atoms with Crippen LogP contribution in [0.3, 0.4) is 0 Å². The standard InChI is InChI=1S/C8H15NO2.C6H5NO2/c1-2-3-8(10)9-4-6-11-7-5-9;8-7(9)6-4-2-1-3-5-6/h2-7H2,1H3;1-5H. The Morgan fingerprint density at radius 3 is 2.35 bits per heavy atom. The average Bonchev–Trinajstić information content (AvgIpc) is 2.50. The van der Waals surface area contributed by atoms with Crippen LogP contribution >= 0.6 is 0 Å². The van der Waals surface area contributed by atoms with Crippen molar-refractivity contribution >= 4 is 11.6 Å². The summed E-state index contributed by atoms with van der Waals surface area (Å²) in [6.07, 6.45) is 1.62. The largest absolute Gasteiger partial charge is 0.378 e. The summed E-state index contributed by atoms with van der Waals surface area (Å²) in [7, 11) is 0. The highest BCUT2D eigenvalue weighted by atomic mass is 16.6. The molecule has 0 aliphatic carbocycles. The number of carbonyl (C=O) groups is 1. The van der Waals surface area contributed by atoms with E-state index in [0.29, 0.717) is 19.6 Å². The smallest absolute Gasteiger partial charge is 0.269 e. The molecule has 20 heavy (non-hydrogen) atoms. The molecule has 0 bridgehead atoms. The zero-order chi connectivity index (χ0) is 14.8. The number of benzene rings is 1. The maximum absolute atomic E-state index is 11.3. The van der Waals surface area contributed by atoms with Gasteiger partial charge in [-0.2, -0.15) is 0 Å². The van der Waals surface area contributed by atoms with Crippen molar-refractivity contribution in [1.82, 2.24) is 4.90 Å². The van der Waals surface area contributed by atoms with Gasteiger partial charge >= 0.3 is 0 Å². The summed E-state index contributed by atoms with van der Waals surface area (Å²) in [6.45, 7) is 4.99. The Morgan fingerprint density at radius 1 is 1.30 bits per heavy atom. The van der Waals surface area contributed by atoms with Gasteiger partial charge in [0, 0.05) is 31.6 Å². The third kappa shape index (κ3) is 5.79. The predicted molar refractivity (Wildman–Crippen MR) is 75.4 cm³/mol. The highest BCUT2D eigenvalue weighted by Crippen LogP contribution is 2.06. The van der Waals surface area contributed by atoms with E-state index in [9.17, 15) is 14.9 Å². The van der Waals surface area contributed by atoms with Crippen molar-refractivity contribution in [2.24, 2.45) is 0 Å². The van der Waals surface area contributed by atoms with E-state index in [1.54, 1.807) is 18.2 Å². The van der Waals surface area contributed by atoms with E-state index in [-0.39, 0.29) is 11.6 Å². The van der Waals surface area contributed by atoms with Gasteiger partial charge in [0.15, 0.2) is 0 Å². The molecule has 0 unspecified atom stereocenters. The van der Waals surface area contributed by atoms with Gasteiger partial charge in [-0.05, 0) is 6.42 Å². The fraction of sp³-hybridized carbons (Fsp3) is 0.500. The van der Waals surface area contributed by atoms with Gasteiger partial charge in [-0.25, -0.2) is 0 Å². The van der Waals surface area contributed by atoms with E-state index >= 15 is 0 Å². The number of nitro benzene ring substituents is 1. The Labute approximate surface area is 118 Å². The van der Waals surface area contributed by atoms with Crippen LogP contribution in [0.5, 0.6) is 0 Å². The molecule has 0 N–H and O–H groups in total. The molecule has 1 saturated heterocycles. The molecule has 1 amide bonds. The van der Waals surface area contributed by atoms with E-state index in [1.165, 1.54) is 12.1 Å². The second-order valence-electron chi connectivity index (χ2n) is 4.34. The molecule has 1 aromatic carbocycles. The molecular weight excluding hydrogens is 260 g/mol. The van der Waals surface area contributed by atoms with Gasteiger partial charge in [0.2, 0.25) is 5.91 Å². The quantitative estimate of drug-likeness (QED) is 0.628. The summed E-state index contributed by atoms with van der Waals surface area (Å²) in [4.78, 5) is 22.7. The van der Waals surface area contributed by atoms with Crippen molar-refractivity contribution in [1.29, 1.82) is 0 Å². The molecule has 6 heteroatoms. The fourth-order valence-corrected chi connectivity index (χ4v) is 1.73. The van der Waals surface area contributed by atoms with Crippen LogP contribution in [0.1, 0.15) is 19.8 Å². The first-order valence-corrected chi connectivity index (χ1v) is 6.70. The number of non-ortho nitro benzene ring substituents is 1. The number of rotatable bonds is 3. The highest BCUT2D eigenvalue weighted by molar-refractivity contribution is 5.76. The second kappa shape index (κ2) is 9.03. The third-order valence-electron chi connectivity index (χ3n) is 2.79. The lowest BCUT2D eigenvalue weighted by Gasteiger charge is -2.26. The monoisotopic (exact) mass is 280 g/mol. The molecule has 1 fully saturated rings. The number of carbonyl (C=O) groups excluding carboxylic acids is 1. The molecular formula is C14H20N2O4. The Morgan fingerprint density at radius 2 is 1.90 bits per heavy atom. The highest BCUT2D eigenvalue weighted by Gasteiger charge is 2.14. The molecule has 110 valence electrons. The first-order chi connectivity index (χ1) is 9.65. The van der Waals surface area contributed by atoms with Gasteiger partial charge in [0.05, 0.1) is 18.1 Å². The number of nitro groups is 1. The third-order valence-corrected chi connectivity index (χ3v) is 2.79. The molecule has 1 aromatic rings. The van der Waals surface area contributed by atoms with E-state index in [2.05, 4.69) is 0 Å². The van der Waals surface area contributed by atoms with Crippen molar-refractivity contribution in [3.63, 3.8) is 0 Å². The van der Waals surface area contributed by atoms with Gasteiger partial charge in [-0.3, -0.25) is 14.9 Å². The van der Waals surface area contributed by atoms with E-state index < -0.39 is 4.92 Å². The summed E-state index contributed by atoms with van der Waals surface area (Å²) in [5.74, 6) is 0.274. The fourth-order valence-electron chi connectivity index (χ4n) is 1.73. The van der Waals surface area contributed by atoms with Crippen LogP contribution in [0, 0.1) is 10.1 Å². The van der Waals surface area contributed by atoms with Crippen molar-refractivity contribution < 1.29 is 14.5 Å². The molecule has 0 spiro atoms. The van der Waals surface area contributed by atoms with Crippen molar-refractivity contribution in [3.8, 4) is 0 Å². The van der Waals surface area contributed by atoms with Crippen LogP contribution in [0.4, 0.5) is 5.69 Å². The number of morpholine rings is 1. The van der Waals surface area contributed by atoms with E-state index in [1.807, 2.05) is 11.8 Å². The first kappa shape index (κ1) is 16.1. The lowest BCUT2D eigenvalue weighted by molar-refractivity contribution is -0.384. The van der Waals surface area contributed by atoms with Crippen molar-refractivity contribution in [2.45, 2.75) is 19.8 Å². The summed E-state index contributed by atoms with van der Waals surface area (Å²) >= 11 is 0. The summed E-state index contributed by atoms with van der Waals surface area (Å²) in [6, 6.07) is 7.93. The lowest BCUT2D eigenvalue weighted by Crippen LogP contribution is -2.40. The maximum Gasteiger partial charge on any atom is 0.269 e. The number of amides is 1. The predicted octanol–water partition coefficient (Wildman–Crippen LogP) is 2.24. The van der Waals surface area contributed by atoms with Crippen molar-refractivity contribution in [2.75, 3.05) is 26.3 Å². The Hall–Kier alpha value is -1.95. The van der Waals surface area contributed by atoms with Crippen LogP contribution in [0.2, 0.25) is 0 Å². The van der Waals surface area contributed by atoms with Crippen LogP contribution in [0.15, 0.2) is 30.3 Å². The second-order valence-corrected chi connectivity index (χ2v) is 4.34. The Bertz CT molecular complexity index is 416. The zero-order valence-corrected chi connectivity index (χ0v) is 11.7. The zero-order valence-electron chi connectivity index (χ0n) is 11.7. The van der Waals surface area contributed by atoms with Gasteiger partial charge in [-0.15, -0.1) is 0 Å². The molecule has 1 heterocycles. The number of ether oxygens (including phenoxy) is 1. The van der Waals surface area contributed by atoms with Crippen LogP contribution in [0.25, 0.3) is 0 Å². The molecule has 0 saturated carbocycles. The summed E-state index contributed by atoms with van der Waals surface area (Å²) < 4.78 is 5.13. The number of hydrogen-bond donors (Lipinski definition) is 0. The minimum atomic E-state index is -0.417.